The SMILES string of the molecule is O=C(NCc1ccc(F)cc1)c1ccnc(NCc2ccc(Cl)cc2)c1. The minimum Gasteiger partial charge on any atom is -0.366 e. The van der Waals surface area contributed by atoms with Gasteiger partial charge in [-0.2, -0.15) is 0 Å². The highest BCUT2D eigenvalue weighted by molar-refractivity contribution is 6.30. The van der Waals surface area contributed by atoms with Gasteiger partial charge in [-0.15, -0.1) is 0 Å². The Hall–Kier alpha value is -2.92. The average molecular weight is 370 g/mol. The van der Waals surface area contributed by atoms with E-state index >= 15 is 0 Å². The fourth-order valence-electron chi connectivity index (χ4n) is 2.35. The van der Waals surface area contributed by atoms with Crippen LogP contribution in [0.3, 0.4) is 0 Å². The van der Waals surface area contributed by atoms with Crippen LogP contribution in [0.1, 0.15) is 21.5 Å². The second-order valence-corrected chi connectivity index (χ2v) is 6.16. The standard InChI is InChI=1S/C20H17ClFN3O/c21-17-5-1-14(2-6-17)12-24-19-11-16(9-10-23-19)20(26)25-13-15-3-7-18(22)8-4-15/h1-11H,12-13H2,(H,23,24)(H,25,26). The van der Waals surface area contributed by atoms with Crippen molar-refractivity contribution in [2.24, 2.45) is 0 Å². The van der Waals surface area contributed by atoms with Crippen molar-refractivity contribution >= 4 is 23.3 Å². The molecule has 0 saturated carbocycles. The maximum atomic E-state index is 12.9. The third kappa shape index (κ3) is 5.04. The van der Waals surface area contributed by atoms with Crippen LogP contribution in [-0.2, 0) is 13.1 Å². The van der Waals surface area contributed by atoms with Gasteiger partial charge in [0.2, 0.25) is 0 Å². The summed E-state index contributed by atoms with van der Waals surface area (Å²) in [7, 11) is 0. The summed E-state index contributed by atoms with van der Waals surface area (Å²) in [6.45, 7) is 0.903. The quantitative estimate of drug-likeness (QED) is 0.676. The molecule has 1 amide bonds. The molecule has 0 aliphatic heterocycles. The molecular formula is C20H17ClFN3O. The molecule has 0 fully saturated rings. The molecule has 0 bridgehead atoms. The molecule has 3 aromatic rings. The third-order valence-corrected chi connectivity index (χ3v) is 4.03. The van der Waals surface area contributed by atoms with Crippen LogP contribution in [0, 0.1) is 5.82 Å². The highest BCUT2D eigenvalue weighted by Gasteiger charge is 2.07. The van der Waals surface area contributed by atoms with Crippen LogP contribution in [-0.4, -0.2) is 10.9 Å². The number of carbonyl (C=O) groups excluding carboxylic acids is 1. The fraction of sp³-hybridized carbons (Fsp3) is 0.100. The largest absolute Gasteiger partial charge is 0.366 e. The highest BCUT2D eigenvalue weighted by atomic mass is 35.5. The molecule has 2 N–H and O–H groups in total. The van der Waals surface area contributed by atoms with Gasteiger partial charge in [0.1, 0.15) is 11.6 Å². The predicted octanol–water partition coefficient (Wildman–Crippen LogP) is 4.42. The number of nitrogens with one attached hydrogen (secondary N) is 2. The van der Waals surface area contributed by atoms with E-state index in [9.17, 15) is 9.18 Å². The summed E-state index contributed by atoms with van der Waals surface area (Å²) in [5.41, 5.74) is 2.39. The lowest BCUT2D eigenvalue weighted by Crippen LogP contribution is -2.23. The molecule has 0 aliphatic carbocycles. The number of nitrogens with zero attached hydrogens (tertiary/aromatic N) is 1. The monoisotopic (exact) mass is 369 g/mol. The third-order valence-electron chi connectivity index (χ3n) is 3.78. The molecule has 132 valence electrons. The first-order valence-corrected chi connectivity index (χ1v) is 8.45. The van der Waals surface area contributed by atoms with Crippen molar-refractivity contribution in [1.82, 2.24) is 10.3 Å². The Balaban J connectivity index is 1.58. The van der Waals surface area contributed by atoms with Crippen LogP contribution >= 0.6 is 11.6 Å². The summed E-state index contributed by atoms with van der Waals surface area (Å²) in [6.07, 6.45) is 1.58. The number of anilines is 1. The van der Waals surface area contributed by atoms with E-state index in [1.54, 1.807) is 30.5 Å². The van der Waals surface area contributed by atoms with Gasteiger partial charge in [0.25, 0.3) is 5.91 Å². The molecule has 6 heteroatoms. The summed E-state index contributed by atoms with van der Waals surface area (Å²) < 4.78 is 12.9. The summed E-state index contributed by atoms with van der Waals surface area (Å²) in [4.78, 5) is 16.5. The van der Waals surface area contributed by atoms with Gasteiger partial charge in [-0.3, -0.25) is 4.79 Å². The zero-order valence-electron chi connectivity index (χ0n) is 13.9. The van der Waals surface area contributed by atoms with Gasteiger partial charge in [-0.1, -0.05) is 35.9 Å². The number of hydrogen-bond donors (Lipinski definition) is 2. The summed E-state index contributed by atoms with van der Waals surface area (Å²) >= 11 is 5.87. The Bertz CT molecular complexity index is 882. The lowest BCUT2D eigenvalue weighted by molar-refractivity contribution is 0.0951. The van der Waals surface area contributed by atoms with Crippen LogP contribution in [0.2, 0.25) is 5.02 Å². The van der Waals surface area contributed by atoms with Crippen LogP contribution in [0.25, 0.3) is 0 Å². The van der Waals surface area contributed by atoms with Gasteiger partial charge in [0, 0.05) is 29.9 Å². The first kappa shape index (κ1) is 17.9. The van der Waals surface area contributed by atoms with Gasteiger partial charge in [0.15, 0.2) is 0 Å². The number of halogens is 2. The summed E-state index contributed by atoms with van der Waals surface area (Å²) in [6, 6.07) is 16.9. The number of pyridine rings is 1. The Labute approximate surface area is 156 Å². The molecule has 2 aromatic carbocycles. The Kier molecular flexibility index (Phi) is 5.81. The van der Waals surface area contributed by atoms with Gasteiger partial charge in [-0.25, -0.2) is 9.37 Å². The number of carbonyl (C=O) groups is 1. The Morgan fingerprint density at radius 2 is 1.62 bits per heavy atom. The fourth-order valence-corrected chi connectivity index (χ4v) is 2.48. The minimum atomic E-state index is -0.300. The van der Waals surface area contributed by atoms with Crippen LogP contribution in [0.15, 0.2) is 66.9 Å². The van der Waals surface area contributed by atoms with Crippen molar-refractivity contribution in [2.45, 2.75) is 13.1 Å². The molecule has 0 saturated heterocycles. The van der Waals surface area contributed by atoms with Crippen LogP contribution < -0.4 is 10.6 Å². The minimum absolute atomic E-state index is 0.216. The lowest BCUT2D eigenvalue weighted by Gasteiger charge is -2.09. The molecule has 0 aliphatic rings. The lowest BCUT2D eigenvalue weighted by atomic mass is 10.2. The van der Waals surface area contributed by atoms with Crippen molar-refractivity contribution in [3.05, 3.63) is 94.4 Å². The summed E-state index contributed by atoms with van der Waals surface area (Å²) in [5, 5.41) is 6.68. The van der Waals surface area contributed by atoms with E-state index in [1.165, 1.54) is 12.1 Å². The smallest absolute Gasteiger partial charge is 0.251 e. The van der Waals surface area contributed by atoms with E-state index in [-0.39, 0.29) is 11.7 Å². The van der Waals surface area contributed by atoms with Crippen molar-refractivity contribution in [1.29, 1.82) is 0 Å². The van der Waals surface area contributed by atoms with Crippen molar-refractivity contribution in [3.63, 3.8) is 0 Å². The van der Waals surface area contributed by atoms with E-state index in [4.69, 9.17) is 11.6 Å². The second-order valence-electron chi connectivity index (χ2n) is 5.72. The van der Waals surface area contributed by atoms with Crippen LogP contribution in [0.4, 0.5) is 10.2 Å². The maximum absolute atomic E-state index is 12.9. The average Bonchev–Trinajstić information content (AvgIpc) is 2.67. The van der Waals surface area contributed by atoms with Gasteiger partial charge in [-0.05, 0) is 47.5 Å². The number of benzene rings is 2. The van der Waals surface area contributed by atoms with E-state index in [2.05, 4.69) is 15.6 Å². The zero-order chi connectivity index (χ0) is 18.4. The molecule has 1 heterocycles. The molecule has 0 atom stereocenters. The van der Waals surface area contributed by atoms with Crippen LogP contribution in [0.5, 0.6) is 0 Å². The van der Waals surface area contributed by atoms with E-state index in [1.807, 2.05) is 24.3 Å². The summed E-state index contributed by atoms with van der Waals surface area (Å²) in [5.74, 6) is 0.0891. The van der Waals surface area contributed by atoms with E-state index in [0.717, 1.165) is 11.1 Å². The van der Waals surface area contributed by atoms with Crippen molar-refractivity contribution < 1.29 is 9.18 Å². The number of amides is 1. The Morgan fingerprint density at radius 3 is 2.35 bits per heavy atom. The normalized spacial score (nSPS) is 10.4. The molecule has 3 rings (SSSR count). The molecule has 26 heavy (non-hydrogen) atoms. The zero-order valence-corrected chi connectivity index (χ0v) is 14.6. The predicted molar refractivity (Wildman–Crippen MR) is 101 cm³/mol. The number of rotatable bonds is 6. The van der Waals surface area contributed by atoms with Crippen molar-refractivity contribution in [3.8, 4) is 0 Å². The van der Waals surface area contributed by atoms with Crippen molar-refractivity contribution in [2.75, 3.05) is 5.32 Å². The number of hydrogen-bond acceptors (Lipinski definition) is 3. The van der Waals surface area contributed by atoms with E-state index in [0.29, 0.717) is 29.5 Å². The molecule has 4 nitrogen and oxygen atoms in total. The topological polar surface area (TPSA) is 54.0 Å². The van der Waals surface area contributed by atoms with Gasteiger partial charge in [0.05, 0.1) is 0 Å². The first-order valence-electron chi connectivity index (χ1n) is 8.07. The first-order chi connectivity index (χ1) is 12.6. The highest BCUT2D eigenvalue weighted by Crippen LogP contribution is 2.12. The van der Waals surface area contributed by atoms with Gasteiger partial charge < -0.3 is 10.6 Å². The Morgan fingerprint density at radius 1 is 0.962 bits per heavy atom. The van der Waals surface area contributed by atoms with E-state index < -0.39 is 0 Å². The molecule has 0 unspecified atom stereocenters. The second kappa shape index (κ2) is 8.45. The molecular weight excluding hydrogens is 353 g/mol. The van der Waals surface area contributed by atoms with Gasteiger partial charge >= 0.3 is 0 Å². The molecule has 1 aromatic heterocycles. The maximum Gasteiger partial charge on any atom is 0.251 e. The molecule has 0 radical (unpaired) electrons. The number of aromatic nitrogens is 1. The molecule has 0 spiro atoms.